The van der Waals surface area contributed by atoms with Gasteiger partial charge in [-0.1, -0.05) is 12.1 Å². The van der Waals surface area contributed by atoms with Gasteiger partial charge >= 0.3 is 5.97 Å². The van der Waals surface area contributed by atoms with E-state index in [1.54, 1.807) is 0 Å². The summed E-state index contributed by atoms with van der Waals surface area (Å²) in [5.41, 5.74) is -0.255. The summed E-state index contributed by atoms with van der Waals surface area (Å²) >= 11 is 0. The highest BCUT2D eigenvalue weighted by atomic mass is 32.2. The maximum absolute atomic E-state index is 14.7. The van der Waals surface area contributed by atoms with E-state index in [0.717, 1.165) is 10.4 Å². The van der Waals surface area contributed by atoms with Gasteiger partial charge in [0.15, 0.2) is 11.5 Å². The zero-order chi connectivity index (χ0) is 24.9. The van der Waals surface area contributed by atoms with Crippen LogP contribution in [0.2, 0.25) is 0 Å². The number of carbonyl (C=O) groups is 2. The summed E-state index contributed by atoms with van der Waals surface area (Å²) in [4.78, 5) is 26.1. The van der Waals surface area contributed by atoms with Gasteiger partial charge in [-0.05, 0) is 37.1 Å². The number of carbonyl (C=O) groups excluding carboxylic acids is 2. The van der Waals surface area contributed by atoms with Crippen LogP contribution in [0.1, 0.15) is 12.8 Å². The molecule has 11 heteroatoms. The van der Waals surface area contributed by atoms with Gasteiger partial charge in [-0.25, -0.2) is 12.8 Å². The summed E-state index contributed by atoms with van der Waals surface area (Å²) < 4.78 is 57.7. The fourth-order valence-electron chi connectivity index (χ4n) is 3.81. The molecule has 1 aliphatic heterocycles. The predicted molar refractivity (Wildman–Crippen MR) is 122 cm³/mol. The molecule has 0 saturated carbocycles. The summed E-state index contributed by atoms with van der Waals surface area (Å²) in [6.07, 6.45) is 0.807. The van der Waals surface area contributed by atoms with Crippen LogP contribution in [0.15, 0.2) is 47.4 Å². The highest BCUT2D eigenvalue weighted by Crippen LogP contribution is 2.33. The Hall–Kier alpha value is -3.34. The highest BCUT2D eigenvalue weighted by Gasteiger charge is 2.33. The van der Waals surface area contributed by atoms with Crippen LogP contribution in [0, 0.1) is 11.7 Å². The smallest absolute Gasteiger partial charge is 0.308 e. The van der Waals surface area contributed by atoms with Crippen LogP contribution < -0.4 is 13.8 Å². The van der Waals surface area contributed by atoms with Crippen molar-refractivity contribution >= 4 is 27.6 Å². The molecule has 2 aromatic carbocycles. The number of rotatable bonds is 8. The molecule has 0 aliphatic carbocycles. The maximum Gasteiger partial charge on any atom is 0.308 e. The van der Waals surface area contributed by atoms with Crippen molar-refractivity contribution in [2.45, 2.75) is 17.7 Å². The lowest BCUT2D eigenvalue weighted by Crippen LogP contribution is -2.47. The number of nitrogens with zero attached hydrogens (tertiary/aromatic N) is 2. The number of benzene rings is 2. The normalized spacial score (nSPS) is 14.4. The van der Waals surface area contributed by atoms with Crippen molar-refractivity contribution < 1.29 is 36.6 Å². The standard InChI is InChI=1S/C23H27FN2O7S/c1-31-20-9-8-17(14-21(20)32-2)34(29,30)26(19-7-5-4-6-18(19)24)15-22(27)25-12-10-16(11-13-25)23(28)33-3/h4-9,14,16H,10-13,15H2,1-3H3. The Kier molecular flexibility index (Phi) is 7.98. The molecule has 1 fully saturated rings. The Bertz CT molecular complexity index is 1150. The second-order valence-corrected chi connectivity index (χ2v) is 9.52. The summed E-state index contributed by atoms with van der Waals surface area (Å²) in [7, 11) is -0.267. The van der Waals surface area contributed by atoms with Crippen molar-refractivity contribution in [1.82, 2.24) is 4.90 Å². The molecule has 0 aromatic heterocycles. The molecule has 0 spiro atoms. The molecular weight excluding hydrogens is 467 g/mol. The molecule has 34 heavy (non-hydrogen) atoms. The zero-order valence-electron chi connectivity index (χ0n) is 19.2. The van der Waals surface area contributed by atoms with E-state index in [1.807, 2.05) is 0 Å². The number of hydrogen-bond acceptors (Lipinski definition) is 7. The molecule has 1 amide bonds. The summed E-state index contributed by atoms with van der Waals surface area (Å²) in [6, 6.07) is 9.32. The lowest BCUT2D eigenvalue weighted by atomic mass is 9.97. The van der Waals surface area contributed by atoms with Crippen molar-refractivity contribution in [3.8, 4) is 11.5 Å². The first-order valence-corrected chi connectivity index (χ1v) is 12.0. The van der Waals surface area contributed by atoms with Gasteiger partial charge < -0.3 is 19.1 Å². The number of likely N-dealkylation sites (tertiary alicyclic amines) is 1. The van der Waals surface area contributed by atoms with Crippen LogP contribution in [-0.2, 0) is 24.3 Å². The van der Waals surface area contributed by atoms with E-state index in [4.69, 9.17) is 14.2 Å². The van der Waals surface area contributed by atoms with E-state index in [9.17, 15) is 22.4 Å². The molecule has 0 bridgehead atoms. The molecule has 1 saturated heterocycles. The van der Waals surface area contributed by atoms with Gasteiger partial charge in [0, 0.05) is 19.2 Å². The molecule has 9 nitrogen and oxygen atoms in total. The van der Waals surface area contributed by atoms with Crippen molar-refractivity contribution in [3.63, 3.8) is 0 Å². The minimum absolute atomic E-state index is 0.174. The Labute approximate surface area is 198 Å². The molecule has 0 unspecified atom stereocenters. The first-order chi connectivity index (χ1) is 16.2. The second-order valence-electron chi connectivity index (χ2n) is 7.66. The fourth-order valence-corrected chi connectivity index (χ4v) is 5.25. The number of methoxy groups -OCH3 is 3. The van der Waals surface area contributed by atoms with Gasteiger partial charge in [0.2, 0.25) is 5.91 Å². The van der Waals surface area contributed by atoms with Crippen LogP contribution in [0.25, 0.3) is 0 Å². The Balaban J connectivity index is 1.92. The average Bonchev–Trinajstić information content (AvgIpc) is 2.86. The fraction of sp³-hybridized carbons (Fsp3) is 0.391. The van der Waals surface area contributed by atoms with Gasteiger partial charge in [0.05, 0.1) is 37.8 Å². The molecule has 1 heterocycles. The third kappa shape index (κ3) is 5.24. The van der Waals surface area contributed by atoms with Crippen LogP contribution in [0.4, 0.5) is 10.1 Å². The van der Waals surface area contributed by atoms with E-state index in [1.165, 1.54) is 62.6 Å². The molecular formula is C23H27FN2O7S. The van der Waals surface area contributed by atoms with Gasteiger partial charge in [-0.3, -0.25) is 13.9 Å². The third-order valence-electron chi connectivity index (χ3n) is 5.73. The average molecular weight is 495 g/mol. The van der Waals surface area contributed by atoms with E-state index in [0.29, 0.717) is 18.6 Å². The number of esters is 1. The monoisotopic (exact) mass is 494 g/mol. The van der Waals surface area contributed by atoms with Crippen LogP contribution in [-0.4, -0.2) is 66.2 Å². The Morgan fingerprint density at radius 1 is 1.03 bits per heavy atom. The van der Waals surface area contributed by atoms with Gasteiger partial charge in [-0.15, -0.1) is 0 Å². The number of ether oxygens (including phenoxy) is 3. The molecule has 184 valence electrons. The van der Waals surface area contributed by atoms with Crippen molar-refractivity contribution in [2.24, 2.45) is 5.92 Å². The number of anilines is 1. The number of piperidine rings is 1. The third-order valence-corrected chi connectivity index (χ3v) is 7.48. The van der Waals surface area contributed by atoms with E-state index in [2.05, 4.69) is 0 Å². The van der Waals surface area contributed by atoms with Crippen LogP contribution in [0.5, 0.6) is 11.5 Å². The summed E-state index contributed by atoms with van der Waals surface area (Å²) in [5.74, 6) is -1.44. The molecule has 2 aromatic rings. The topological polar surface area (TPSA) is 102 Å². The lowest BCUT2D eigenvalue weighted by Gasteiger charge is -2.33. The summed E-state index contributed by atoms with van der Waals surface area (Å²) in [5, 5.41) is 0. The van der Waals surface area contributed by atoms with Gasteiger partial charge in [-0.2, -0.15) is 0 Å². The number of sulfonamides is 1. The first-order valence-electron chi connectivity index (χ1n) is 10.6. The maximum atomic E-state index is 14.7. The SMILES string of the molecule is COC(=O)C1CCN(C(=O)CN(c2ccccc2F)S(=O)(=O)c2ccc(OC)c(OC)c2)CC1. The quantitative estimate of drug-likeness (QED) is 0.520. The number of amides is 1. The highest BCUT2D eigenvalue weighted by molar-refractivity contribution is 7.92. The van der Waals surface area contributed by atoms with E-state index >= 15 is 0 Å². The molecule has 1 aliphatic rings. The zero-order valence-corrected chi connectivity index (χ0v) is 20.0. The van der Waals surface area contributed by atoms with E-state index < -0.39 is 28.3 Å². The van der Waals surface area contributed by atoms with Crippen molar-refractivity contribution in [2.75, 3.05) is 45.3 Å². The van der Waals surface area contributed by atoms with Crippen LogP contribution >= 0.6 is 0 Å². The number of halogens is 1. The van der Waals surface area contributed by atoms with Gasteiger partial charge in [0.1, 0.15) is 12.4 Å². The minimum atomic E-state index is -4.36. The Morgan fingerprint density at radius 3 is 2.26 bits per heavy atom. The second kappa shape index (κ2) is 10.7. The lowest BCUT2D eigenvalue weighted by molar-refractivity contribution is -0.148. The Morgan fingerprint density at radius 2 is 1.68 bits per heavy atom. The summed E-state index contributed by atoms with van der Waals surface area (Å²) in [6.45, 7) is -0.0826. The van der Waals surface area contributed by atoms with Crippen molar-refractivity contribution in [1.29, 1.82) is 0 Å². The molecule has 0 N–H and O–H groups in total. The van der Waals surface area contributed by atoms with Gasteiger partial charge in [0.25, 0.3) is 10.0 Å². The molecule has 0 atom stereocenters. The predicted octanol–water partition coefficient (Wildman–Crippen LogP) is 2.45. The molecule has 3 rings (SSSR count). The number of para-hydroxylation sites is 1. The molecule has 0 radical (unpaired) electrons. The largest absolute Gasteiger partial charge is 0.493 e. The van der Waals surface area contributed by atoms with Crippen molar-refractivity contribution in [3.05, 3.63) is 48.3 Å². The van der Waals surface area contributed by atoms with E-state index in [-0.39, 0.29) is 41.3 Å². The first kappa shape index (κ1) is 25.3. The minimum Gasteiger partial charge on any atom is -0.493 e. The number of hydrogen-bond donors (Lipinski definition) is 0. The van der Waals surface area contributed by atoms with Crippen LogP contribution in [0.3, 0.4) is 0 Å².